The van der Waals surface area contributed by atoms with Gasteiger partial charge in [-0.3, -0.25) is 4.79 Å². The number of aliphatic carboxylic acids is 1. The van der Waals surface area contributed by atoms with E-state index in [1.165, 1.54) is 0 Å². The van der Waals surface area contributed by atoms with E-state index < -0.39 is 21.9 Å². The average Bonchev–Trinajstić information content (AvgIpc) is 2.21. The Labute approximate surface area is 104 Å². The molecule has 0 amide bonds. The summed E-state index contributed by atoms with van der Waals surface area (Å²) in [5, 5.41) is 8.88. The molecule has 102 valence electrons. The van der Waals surface area contributed by atoms with Crippen molar-refractivity contribution in [3.05, 3.63) is 0 Å². The van der Waals surface area contributed by atoms with E-state index in [1.54, 1.807) is 0 Å². The van der Waals surface area contributed by atoms with Gasteiger partial charge in [-0.15, -0.1) is 0 Å². The smallest absolute Gasteiger partial charge is 0.307 e. The molecule has 1 atom stereocenters. The van der Waals surface area contributed by atoms with E-state index >= 15 is 0 Å². The van der Waals surface area contributed by atoms with E-state index in [0.29, 0.717) is 18.8 Å². The zero-order valence-corrected chi connectivity index (χ0v) is 11.6. The van der Waals surface area contributed by atoms with Crippen LogP contribution in [0.25, 0.3) is 0 Å². The maximum Gasteiger partial charge on any atom is 0.307 e. The minimum absolute atomic E-state index is 0.0103. The Morgan fingerprint density at radius 2 is 1.88 bits per heavy atom. The fraction of sp³-hybridized carbons (Fsp3) is 0.909. The molecule has 0 aromatic rings. The van der Waals surface area contributed by atoms with Crippen molar-refractivity contribution in [3.63, 3.8) is 0 Å². The van der Waals surface area contributed by atoms with Gasteiger partial charge in [-0.05, 0) is 18.8 Å². The highest BCUT2D eigenvalue weighted by Gasteiger charge is 2.19. The molecule has 0 rings (SSSR count). The molecule has 0 aromatic heterocycles. The summed E-state index contributed by atoms with van der Waals surface area (Å²) in [6.07, 6.45) is 1.80. The summed E-state index contributed by atoms with van der Waals surface area (Å²) in [5.41, 5.74) is 0. The monoisotopic (exact) mass is 265 g/mol. The van der Waals surface area contributed by atoms with Crippen molar-refractivity contribution in [1.29, 1.82) is 0 Å². The molecule has 0 saturated carbocycles. The highest BCUT2D eigenvalue weighted by Crippen LogP contribution is 2.07. The molecule has 2 N–H and O–H groups in total. The predicted octanol–water partition coefficient (Wildman–Crippen LogP) is 1.45. The number of hydrogen-bond donors (Lipinski definition) is 2. The third-order valence-corrected chi connectivity index (χ3v) is 3.88. The number of sulfonamides is 1. The van der Waals surface area contributed by atoms with E-state index in [9.17, 15) is 13.2 Å². The van der Waals surface area contributed by atoms with E-state index in [0.717, 1.165) is 6.42 Å². The summed E-state index contributed by atoms with van der Waals surface area (Å²) in [7, 11) is -3.34. The normalized spacial score (nSPS) is 13.9. The Hall–Kier alpha value is -0.620. The van der Waals surface area contributed by atoms with Gasteiger partial charge in [-0.25, -0.2) is 13.1 Å². The second kappa shape index (κ2) is 7.66. The number of nitrogens with one attached hydrogen (secondary N) is 1. The molecule has 6 heteroatoms. The van der Waals surface area contributed by atoms with Gasteiger partial charge in [0.25, 0.3) is 0 Å². The van der Waals surface area contributed by atoms with Crippen molar-refractivity contribution in [2.75, 3.05) is 12.3 Å². The van der Waals surface area contributed by atoms with Crippen LogP contribution in [0.4, 0.5) is 0 Å². The van der Waals surface area contributed by atoms with Crippen molar-refractivity contribution in [3.8, 4) is 0 Å². The van der Waals surface area contributed by atoms with E-state index in [4.69, 9.17) is 5.11 Å². The van der Waals surface area contributed by atoms with E-state index in [1.807, 2.05) is 20.8 Å². The van der Waals surface area contributed by atoms with Crippen LogP contribution in [-0.2, 0) is 14.8 Å². The van der Waals surface area contributed by atoms with Gasteiger partial charge in [0, 0.05) is 6.54 Å². The Balaban J connectivity index is 4.18. The summed E-state index contributed by atoms with van der Waals surface area (Å²) >= 11 is 0. The average molecular weight is 265 g/mol. The topological polar surface area (TPSA) is 83.5 Å². The Morgan fingerprint density at radius 1 is 1.29 bits per heavy atom. The minimum atomic E-state index is -3.34. The van der Waals surface area contributed by atoms with Crippen molar-refractivity contribution >= 4 is 16.0 Å². The second-order valence-corrected chi connectivity index (χ2v) is 6.60. The SMILES string of the molecule is CCCC(CNS(=O)(=O)CCC(C)C)C(=O)O. The van der Waals surface area contributed by atoms with Crippen LogP contribution in [-0.4, -0.2) is 31.8 Å². The first-order chi connectivity index (χ1) is 7.78. The van der Waals surface area contributed by atoms with Gasteiger partial charge in [-0.1, -0.05) is 27.2 Å². The lowest BCUT2D eigenvalue weighted by Crippen LogP contribution is -2.34. The number of rotatable bonds is 9. The highest BCUT2D eigenvalue weighted by molar-refractivity contribution is 7.89. The summed E-state index contributed by atoms with van der Waals surface area (Å²) in [5.74, 6) is -1.20. The molecule has 1 unspecified atom stereocenters. The van der Waals surface area contributed by atoms with Crippen molar-refractivity contribution in [2.24, 2.45) is 11.8 Å². The first-order valence-corrected chi connectivity index (χ1v) is 7.63. The largest absolute Gasteiger partial charge is 0.481 e. The van der Waals surface area contributed by atoms with Crippen LogP contribution in [0.5, 0.6) is 0 Å². The van der Waals surface area contributed by atoms with Gasteiger partial charge >= 0.3 is 5.97 Å². The van der Waals surface area contributed by atoms with Crippen LogP contribution in [0.3, 0.4) is 0 Å². The minimum Gasteiger partial charge on any atom is -0.481 e. The van der Waals surface area contributed by atoms with E-state index in [2.05, 4.69) is 4.72 Å². The third-order valence-electron chi connectivity index (χ3n) is 2.50. The fourth-order valence-electron chi connectivity index (χ4n) is 1.35. The standard InChI is InChI=1S/C11H23NO4S/c1-4-5-10(11(13)14)8-12-17(15,16)7-6-9(2)3/h9-10,12H,4-8H2,1-3H3,(H,13,14). The number of hydrogen-bond acceptors (Lipinski definition) is 3. The lowest BCUT2D eigenvalue weighted by molar-refractivity contribution is -0.141. The second-order valence-electron chi connectivity index (χ2n) is 4.67. The van der Waals surface area contributed by atoms with Gasteiger partial charge in [0.1, 0.15) is 0 Å². The zero-order valence-electron chi connectivity index (χ0n) is 10.8. The third kappa shape index (κ3) is 8.15. The zero-order chi connectivity index (χ0) is 13.5. The van der Waals surface area contributed by atoms with Crippen LogP contribution in [0, 0.1) is 11.8 Å². The Morgan fingerprint density at radius 3 is 2.29 bits per heavy atom. The molecule has 0 aliphatic carbocycles. The van der Waals surface area contributed by atoms with Crippen LogP contribution in [0.15, 0.2) is 0 Å². The molecule has 0 aromatic carbocycles. The number of carbonyl (C=O) groups is 1. The lowest BCUT2D eigenvalue weighted by Gasteiger charge is -2.13. The summed E-state index contributed by atoms with van der Waals surface area (Å²) in [6.45, 7) is 5.77. The number of carboxylic acid groups (broad SMARTS) is 1. The fourth-order valence-corrected chi connectivity index (χ4v) is 2.73. The first-order valence-electron chi connectivity index (χ1n) is 5.98. The molecule has 17 heavy (non-hydrogen) atoms. The van der Waals surface area contributed by atoms with Crippen LogP contribution in [0.2, 0.25) is 0 Å². The van der Waals surface area contributed by atoms with Gasteiger partial charge in [0.05, 0.1) is 11.7 Å². The molecule has 5 nitrogen and oxygen atoms in total. The van der Waals surface area contributed by atoms with Gasteiger partial charge in [-0.2, -0.15) is 0 Å². The Kier molecular flexibility index (Phi) is 7.38. The summed E-state index contributed by atoms with van der Waals surface area (Å²) in [4.78, 5) is 10.8. The molecule has 0 heterocycles. The lowest BCUT2D eigenvalue weighted by atomic mass is 10.1. The molecule has 0 radical (unpaired) electrons. The van der Waals surface area contributed by atoms with Crippen molar-refractivity contribution in [1.82, 2.24) is 4.72 Å². The molecule has 0 bridgehead atoms. The molecular weight excluding hydrogens is 242 g/mol. The molecule has 0 saturated heterocycles. The predicted molar refractivity (Wildman–Crippen MR) is 67.3 cm³/mol. The van der Waals surface area contributed by atoms with Gasteiger partial charge in [0.15, 0.2) is 0 Å². The first kappa shape index (κ1) is 16.4. The summed E-state index contributed by atoms with van der Waals surface area (Å²) < 4.78 is 25.5. The molecule has 0 fully saturated rings. The molecule has 0 aliphatic rings. The van der Waals surface area contributed by atoms with Crippen molar-refractivity contribution in [2.45, 2.75) is 40.0 Å². The van der Waals surface area contributed by atoms with Crippen LogP contribution < -0.4 is 4.72 Å². The van der Waals surface area contributed by atoms with Gasteiger partial charge in [0.2, 0.25) is 10.0 Å². The van der Waals surface area contributed by atoms with Crippen LogP contribution >= 0.6 is 0 Å². The molecule has 0 aliphatic heterocycles. The number of carboxylic acids is 1. The van der Waals surface area contributed by atoms with Crippen molar-refractivity contribution < 1.29 is 18.3 Å². The Bertz CT molecular complexity index is 324. The highest BCUT2D eigenvalue weighted by atomic mass is 32.2. The van der Waals surface area contributed by atoms with Crippen LogP contribution in [0.1, 0.15) is 40.0 Å². The summed E-state index contributed by atoms with van der Waals surface area (Å²) in [6, 6.07) is 0. The van der Waals surface area contributed by atoms with Gasteiger partial charge < -0.3 is 5.11 Å². The maximum atomic E-state index is 11.6. The molecule has 0 spiro atoms. The molecular formula is C11H23NO4S. The quantitative estimate of drug-likeness (QED) is 0.661. The maximum absolute atomic E-state index is 11.6. The van der Waals surface area contributed by atoms with E-state index in [-0.39, 0.29) is 12.3 Å².